The number of piperidine rings is 1. The minimum Gasteiger partial charge on any atom is -0.300 e. The SMILES string of the molecule is C=CCSc1nnc(NC(=O)C2CCN(Cc3ccc(Cl)cc3Cl)CC2)s1. The topological polar surface area (TPSA) is 58.1 Å². The zero-order valence-electron chi connectivity index (χ0n) is 14.7. The molecule has 3 rings (SSSR count). The highest BCUT2D eigenvalue weighted by molar-refractivity contribution is 8.01. The third kappa shape index (κ3) is 5.93. The number of hydrogen-bond acceptors (Lipinski definition) is 6. The minimum absolute atomic E-state index is 0.00452. The van der Waals surface area contributed by atoms with Crippen molar-refractivity contribution >= 4 is 57.3 Å². The van der Waals surface area contributed by atoms with E-state index in [0.717, 1.165) is 48.1 Å². The molecule has 0 unspecified atom stereocenters. The van der Waals surface area contributed by atoms with Crippen LogP contribution in [0.2, 0.25) is 10.0 Å². The Bertz CT molecular complexity index is 806. The predicted octanol–water partition coefficient (Wildman–Crippen LogP) is 4.97. The van der Waals surface area contributed by atoms with E-state index in [1.807, 2.05) is 18.2 Å². The van der Waals surface area contributed by atoms with E-state index < -0.39 is 0 Å². The van der Waals surface area contributed by atoms with Crippen LogP contribution in [-0.4, -0.2) is 39.8 Å². The third-order valence-corrected chi connectivity index (χ3v) is 6.88. The summed E-state index contributed by atoms with van der Waals surface area (Å²) >= 11 is 15.2. The van der Waals surface area contributed by atoms with Crippen LogP contribution in [0.1, 0.15) is 18.4 Å². The maximum Gasteiger partial charge on any atom is 0.229 e. The van der Waals surface area contributed by atoms with E-state index in [2.05, 4.69) is 27.0 Å². The molecule has 0 aliphatic carbocycles. The molecular formula is C18H20Cl2N4OS2. The molecule has 1 saturated heterocycles. The predicted molar refractivity (Wildman–Crippen MR) is 114 cm³/mol. The minimum atomic E-state index is -0.00452. The number of likely N-dealkylation sites (tertiary alicyclic amines) is 1. The summed E-state index contributed by atoms with van der Waals surface area (Å²) in [6.07, 6.45) is 3.44. The molecule has 144 valence electrons. The van der Waals surface area contributed by atoms with E-state index in [1.165, 1.54) is 11.3 Å². The monoisotopic (exact) mass is 442 g/mol. The standard InChI is InChI=1S/C18H20Cl2N4OS2/c1-2-9-26-18-23-22-17(27-18)21-16(25)12-5-7-24(8-6-12)11-13-3-4-14(19)10-15(13)20/h2-4,10,12H,1,5-9,11H2,(H,21,22,25). The Morgan fingerprint density at radius 1 is 1.37 bits per heavy atom. The molecule has 2 heterocycles. The largest absolute Gasteiger partial charge is 0.300 e. The Morgan fingerprint density at radius 3 is 2.85 bits per heavy atom. The molecule has 1 aliphatic heterocycles. The van der Waals surface area contributed by atoms with Crippen LogP contribution in [0.5, 0.6) is 0 Å². The number of carbonyl (C=O) groups is 1. The molecule has 0 saturated carbocycles. The first-order chi connectivity index (χ1) is 13.0. The summed E-state index contributed by atoms with van der Waals surface area (Å²) < 4.78 is 0.833. The third-order valence-electron chi connectivity index (χ3n) is 4.33. The molecule has 27 heavy (non-hydrogen) atoms. The van der Waals surface area contributed by atoms with Crippen LogP contribution in [0, 0.1) is 5.92 Å². The van der Waals surface area contributed by atoms with E-state index in [4.69, 9.17) is 23.2 Å². The van der Waals surface area contributed by atoms with Gasteiger partial charge >= 0.3 is 0 Å². The lowest BCUT2D eigenvalue weighted by Gasteiger charge is -2.31. The molecular weight excluding hydrogens is 423 g/mol. The number of aromatic nitrogens is 2. The Labute approximate surface area is 177 Å². The summed E-state index contributed by atoms with van der Waals surface area (Å²) in [7, 11) is 0. The van der Waals surface area contributed by atoms with E-state index in [0.29, 0.717) is 15.2 Å². The summed E-state index contributed by atoms with van der Waals surface area (Å²) in [5.74, 6) is 0.796. The number of carbonyl (C=O) groups excluding carboxylic acids is 1. The second-order valence-corrected chi connectivity index (χ2v) is 9.34. The van der Waals surface area contributed by atoms with Crippen molar-refractivity contribution in [2.45, 2.75) is 23.7 Å². The highest BCUT2D eigenvalue weighted by Crippen LogP contribution is 2.28. The number of hydrogen-bond donors (Lipinski definition) is 1. The van der Waals surface area contributed by atoms with Crippen molar-refractivity contribution < 1.29 is 4.79 Å². The van der Waals surface area contributed by atoms with Gasteiger partial charge in [-0.05, 0) is 43.6 Å². The number of rotatable bonds is 7. The Hall–Kier alpha value is -1.12. The van der Waals surface area contributed by atoms with Crippen molar-refractivity contribution in [3.8, 4) is 0 Å². The van der Waals surface area contributed by atoms with Gasteiger partial charge in [-0.25, -0.2) is 0 Å². The van der Waals surface area contributed by atoms with Crippen molar-refractivity contribution in [2.75, 3.05) is 24.2 Å². The van der Waals surface area contributed by atoms with Gasteiger partial charge in [-0.2, -0.15) is 0 Å². The van der Waals surface area contributed by atoms with Gasteiger partial charge in [-0.3, -0.25) is 9.69 Å². The maximum absolute atomic E-state index is 12.5. The first-order valence-corrected chi connectivity index (χ1v) is 11.2. The molecule has 1 fully saturated rings. The molecule has 0 bridgehead atoms. The van der Waals surface area contributed by atoms with Gasteiger partial charge in [0.15, 0.2) is 4.34 Å². The van der Waals surface area contributed by atoms with Crippen LogP contribution >= 0.6 is 46.3 Å². The second kappa shape index (κ2) is 9.89. The van der Waals surface area contributed by atoms with E-state index in [-0.39, 0.29) is 11.8 Å². The fourth-order valence-electron chi connectivity index (χ4n) is 2.90. The molecule has 1 N–H and O–H groups in total. The maximum atomic E-state index is 12.5. The first-order valence-electron chi connectivity index (χ1n) is 8.59. The molecule has 1 amide bonds. The quantitative estimate of drug-likeness (QED) is 0.372. The van der Waals surface area contributed by atoms with Gasteiger partial charge in [0.25, 0.3) is 0 Å². The summed E-state index contributed by atoms with van der Waals surface area (Å²) in [6.45, 7) is 6.16. The fourth-order valence-corrected chi connectivity index (χ4v) is 4.88. The van der Waals surface area contributed by atoms with E-state index in [1.54, 1.807) is 17.8 Å². The Kier molecular flexibility index (Phi) is 7.55. The highest BCUT2D eigenvalue weighted by atomic mass is 35.5. The lowest BCUT2D eigenvalue weighted by Crippen LogP contribution is -2.37. The number of nitrogens with one attached hydrogen (secondary N) is 1. The van der Waals surface area contributed by atoms with Crippen LogP contribution in [0.4, 0.5) is 5.13 Å². The smallest absolute Gasteiger partial charge is 0.229 e. The average Bonchev–Trinajstić information content (AvgIpc) is 3.10. The lowest BCUT2D eigenvalue weighted by atomic mass is 9.95. The zero-order chi connectivity index (χ0) is 19.2. The van der Waals surface area contributed by atoms with Crippen molar-refractivity contribution in [2.24, 2.45) is 5.92 Å². The van der Waals surface area contributed by atoms with Crippen molar-refractivity contribution in [3.63, 3.8) is 0 Å². The van der Waals surface area contributed by atoms with Crippen LogP contribution in [-0.2, 0) is 11.3 Å². The van der Waals surface area contributed by atoms with Gasteiger partial charge in [-0.1, -0.05) is 58.4 Å². The van der Waals surface area contributed by atoms with Gasteiger partial charge in [0.1, 0.15) is 0 Å². The van der Waals surface area contributed by atoms with Crippen LogP contribution in [0.25, 0.3) is 0 Å². The number of anilines is 1. The number of amides is 1. The summed E-state index contributed by atoms with van der Waals surface area (Å²) in [5, 5.41) is 12.9. The molecule has 9 heteroatoms. The number of benzene rings is 1. The van der Waals surface area contributed by atoms with Crippen LogP contribution in [0.15, 0.2) is 35.2 Å². The average molecular weight is 443 g/mol. The molecule has 0 atom stereocenters. The number of nitrogens with zero attached hydrogens (tertiary/aromatic N) is 3. The van der Waals surface area contributed by atoms with Gasteiger partial charge in [0.05, 0.1) is 0 Å². The van der Waals surface area contributed by atoms with Crippen LogP contribution < -0.4 is 5.32 Å². The number of halogens is 2. The second-order valence-electron chi connectivity index (χ2n) is 6.25. The Morgan fingerprint density at radius 2 is 2.15 bits per heavy atom. The van der Waals surface area contributed by atoms with Crippen molar-refractivity contribution in [1.82, 2.24) is 15.1 Å². The van der Waals surface area contributed by atoms with Gasteiger partial charge in [-0.15, -0.1) is 16.8 Å². The Balaban J connectivity index is 1.47. The van der Waals surface area contributed by atoms with Gasteiger partial charge in [0.2, 0.25) is 11.0 Å². The first kappa shape index (κ1) is 20.6. The molecule has 5 nitrogen and oxygen atoms in total. The fraction of sp³-hybridized carbons (Fsp3) is 0.389. The molecule has 0 spiro atoms. The van der Waals surface area contributed by atoms with Crippen molar-refractivity contribution in [1.29, 1.82) is 0 Å². The van der Waals surface area contributed by atoms with Gasteiger partial charge in [0, 0.05) is 28.3 Å². The van der Waals surface area contributed by atoms with Crippen LogP contribution in [0.3, 0.4) is 0 Å². The lowest BCUT2D eigenvalue weighted by molar-refractivity contribution is -0.121. The van der Waals surface area contributed by atoms with Crippen molar-refractivity contribution in [3.05, 3.63) is 46.5 Å². The molecule has 0 radical (unpaired) electrons. The number of thioether (sulfide) groups is 1. The molecule has 2 aromatic rings. The van der Waals surface area contributed by atoms with E-state index >= 15 is 0 Å². The van der Waals surface area contributed by atoms with E-state index in [9.17, 15) is 4.79 Å². The molecule has 1 aromatic carbocycles. The summed E-state index contributed by atoms with van der Waals surface area (Å²) in [4.78, 5) is 14.8. The molecule has 1 aliphatic rings. The summed E-state index contributed by atoms with van der Waals surface area (Å²) in [5.41, 5.74) is 1.06. The zero-order valence-corrected chi connectivity index (χ0v) is 17.8. The molecule has 1 aromatic heterocycles. The normalized spacial score (nSPS) is 15.6. The van der Waals surface area contributed by atoms with Gasteiger partial charge < -0.3 is 5.32 Å². The highest BCUT2D eigenvalue weighted by Gasteiger charge is 2.26. The summed E-state index contributed by atoms with van der Waals surface area (Å²) in [6, 6.07) is 5.58.